The van der Waals surface area contributed by atoms with E-state index in [0.717, 1.165) is 6.42 Å². The standard InChI is InChI=1S/C13H26N2O3/c1-10(2)6-8-14-12(18)15(13(3,4)5)9-7-11(16)17/h10H,6-9H2,1-5H3,(H,14,18)(H,16,17). The van der Waals surface area contributed by atoms with Crippen LogP contribution in [0.2, 0.25) is 0 Å². The lowest BCUT2D eigenvalue weighted by atomic mass is 10.1. The van der Waals surface area contributed by atoms with Crippen molar-refractivity contribution >= 4 is 12.0 Å². The molecule has 0 heterocycles. The van der Waals surface area contributed by atoms with E-state index < -0.39 is 5.97 Å². The molecule has 0 aromatic rings. The molecule has 0 aromatic carbocycles. The highest BCUT2D eigenvalue weighted by Gasteiger charge is 2.26. The molecule has 0 aromatic heterocycles. The summed E-state index contributed by atoms with van der Waals surface area (Å²) in [5.74, 6) is -0.355. The molecule has 2 N–H and O–H groups in total. The van der Waals surface area contributed by atoms with Crippen molar-refractivity contribution in [3.05, 3.63) is 0 Å². The second kappa shape index (κ2) is 7.24. The van der Waals surface area contributed by atoms with Crippen molar-refractivity contribution in [2.45, 2.75) is 53.0 Å². The second-order valence-corrected chi connectivity index (χ2v) is 5.88. The predicted molar refractivity (Wildman–Crippen MR) is 71.6 cm³/mol. The van der Waals surface area contributed by atoms with Gasteiger partial charge in [0.1, 0.15) is 0 Å². The molecule has 0 bridgehead atoms. The van der Waals surface area contributed by atoms with Crippen LogP contribution in [0.3, 0.4) is 0 Å². The third-order valence-corrected chi connectivity index (χ3v) is 2.60. The Kier molecular flexibility index (Phi) is 6.73. The quantitative estimate of drug-likeness (QED) is 0.768. The highest BCUT2D eigenvalue weighted by Crippen LogP contribution is 2.14. The first kappa shape index (κ1) is 16.7. The van der Waals surface area contributed by atoms with Crippen LogP contribution in [0.15, 0.2) is 0 Å². The molecule has 0 fully saturated rings. The first-order chi connectivity index (χ1) is 8.14. The lowest BCUT2D eigenvalue weighted by Crippen LogP contribution is -2.51. The fraction of sp³-hybridized carbons (Fsp3) is 0.846. The number of aliphatic carboxylic acids is 1. The summed E-state index contributed by atoms with van der Waals surface area (Å²) in [5, 5.41) is 11.5. The zero-order valence-corrected chi connectivity index (χ0v) is 12.1. The van der Waals surface area contributed by atoms with Crippen LogP contribution in [-0.4, -0.2) is 40.6 Å². The Hall–Kier alpha value is -1.26. The van der Waals surface area contributed by atoms with Crippen molar-refractivity contribution in [2.75, 3.05) is 13.1 Å². The summed E-state index contributed by atoms with van der Waals surface area (Å²) in [7, 11) is 0. The summed E-state index contributed by atoms with van der Waals surface area (Å²) in [6, 6.07) is -0.190. The number of carbonyl (C=O) groups is 2. The van der Waals surface area contributed by atoms with E-state index >= 15 is 0 Å². The summed E-state index contributed by atoms with van der Waals surface area (Å²) in [6.07, 6.45) is 0.886. The lowest BCUT2D eigenvalue weighted by molar-refractivity contribution is -0.137. The van der Waals surface area contributed by atoms with Gasteiger partial charge in [0.2, 0.25) is 0 Å². The largest absolute Gasteiger partial charge is 0.481 e. The Bertz CT molecular complexity index is 282. The van der Waals surface area contributed by atoms with Gasteiger partial charge in [0.15, 0.2) is 0 Å². The number of hydrogen-bond donors (Lipinski definition) is 2. The number of hydrogen-bond acceptors (Lipinski definition) is 2. The molecule has 0 spiro atoms. The Labute approximate surface area is 110 Å². The van der Waals surface area contributed by atoms with Crippen LogP contribution in [0.25, 0.3) is 0 Å². The van der Waals surface area contributed by atoms with Gasteiger partial charge in [-0.15, -0.1) is 0 Å². The molecule has 0 radical (unpaired) electrons. The van der Waals surface area contributed by atoms with Crippen molar-refractivity contribution in [1.29, 1.82) is 0 Å². The number of carbonyl (C=O) groups excluding carboxylic acids is 1. The van der Waals surface area contributed by atoms with Crippen molar-refractivity contribution in [3.63, 3.8) is 0 Å². The molecule has 0 saturated carbocycles. The fourth-order valence-corrected chi connectivity index (χ4v) is 1.51. The van der Waals surface area contributed by atoms with Gasteiger partial charge in [-0.1, -0.05) is 13.8 Å². The lowest BCUT2D eigenvalue weighted by Gasteiger charge is -2.35. The van der Waals surface area contributed by atoms with Crippen LogP contribution < -0.4 is 5.32 Å². The van der Waals surface area contributed by atoms with Gasteiger partial charge in [-0.25, -0.2) is 4.79 Å². The number of nitrogens with zero attached hydrogens (tertiary/aromatic N) is 1. The molecule has 0 aliphatic rings. The predicted octanol–water partition coefficient (Wildman–Crippen LogP) is 2.32. The zero-order valence-electron chi connectivity index (χ0n) is 12.1. The molecular weight excluding hydrogens is 232 g/mol. The minimum atomic E-state index is -0.890. The molecule has 0 aliphatic carbocycles. The van der Waals surface area contributed by atoms with E-state index in [1.807, 2.05) is 20.8 Å². The number of urea groups is 1. The third-order valence-electron chi connectivity index (χ3n) is 2.60. The van der Waals surface area contributed by atoms with E-state index in [1.54, 1.807) is 4.90 Å². The van der Waals surface area contributed by atoms with Crippen LogP contribution in [0.5, 0.6) is 0 Å². The van der Waals surface area contributed by atoms with Gasteiger partial charge in [0.05, 0.1) is 6.42 Å². The van der Waals surface area contributed by atoms with E-state index in [9.17, 15) is 9.59 Å². The number of nitrogens with one attached hydrogen (secondary N) is 1. The fourth-order valence-electron chi connectivity index (χ4n) is 1.51. The average molecular weight is 258 g/mol. The summed E-state index contributed by atoms with van der Waals surface area (Å²) >= 11 is 0. The van der Waals surface area contributed by atoms with Gasteiger partial charge in [0, 0.05) is 18.6 Å². The molecule has 18 heavy (non-hydrogen) atoms. The SMILES string of the molecule is CC(C)CCNC(=O)N(CCC(=O)O)C(C)(C)C. The van der Waals surface area contributed by atoms with E-state index in [2.05, 4.69) is 19.2 Å². The molecule has 2 amide bonds. The summed E-state index contributed by atoms with van der Waals surface area (Å²) in [4.78, 5) is 24.2. The van der Waals surface area contributed by atoms with E-state index in [4.69, 9.17) is 5.11 Å². The second-order valence-electron chi connectivity index (χ2n) is 5.88. The van der Waals surface area contributed by atoms with Crippen molar-refractivity contribution in [1.82, 2.24) is 10.2 Å². The normalized spacial score (nSPS) is 11.4. The molecule has 0 aliphatic heterocycles. The van der Waals surface area contributed by atoms with Crippen LogP contribution in [-0.2, 0) is 4.79 Å². The highest BCUT2D eigenvalue weighted by atomic mass is 16.4. The molecule has 0 rings (SSSR count). The number of carboxylic acids is 1. The summed E-state index contributed by atoms with van der Waals surface area (Å²) < 4.78 is 0. The molecule has 106 valence electrons. The average Bonchev–Trinajstić information content (AvgIpc) is 2.14. The maximum atomic E-state index is 12.0. The van der Waals surface area contributed by atoms with Gasteiger partial charge in [0.25, 0.3) is 0 Å². The molecule has 5 heteroatoms. The first-order valence-corrected chi connectivity index (χ1v) is 6.42. The summed E-state index contributed by atoms with van der Waals surface area (Å²) in [5.41, 5.74) is -0.378. The van der Waals surface area contributed by atoms with Crippen LogP contribution in [0, 0.1) is 5.92 Å². The monoisotopic (exact) mass is 258 g/mol. The minimum Gasteiger partial charge on any atom is -0.481 e. The van der Waals surface area contributed by atoms with Gasteiger partial charge in [-0.05, 0) is 33.1 Å². The molecule has 0 saturated heterocycles. The Morgan fingerprint density at radius 2 is 1.83 bits per heavy atom. The Morgan fingerprint density at radius 1 is 1.28 bits per heavy atom. The van der Waals surface area contributed by atoms with Crippen LogP contribution >= 0.6 is 0 Å². The maximum absolute atomic E-state index is 12.0. The van der Waals surface area contributed by atoms with Crippen molar-refractivity contribution in [3.8, 4) is 0 Å². The molecule has 5 nitrogen and oxygen atoms in total. The zero-order chi connectivity index (χ0) is 14.3. The van der Waals surface area contributed by atoms with Gasteiger partial charge in [-0.2, -0.15) is 0 Å². The first-order valence-electron chi connectivity index (χ1n) is 6.42. The van der Waals surface area contributed by atoms with Crippen LogP contribution in [0.4, 0.5) is 4.79 Å². The molecular formula is C13H26N2O3. The maximum Gasteiger partial charge on any atom is 0.317 e. The van der Waals surface area contributed by atoms with Gasteiger partial charge >= 0.3 is 12.0 Å². The van der Waals surface area contributed by atoms with Gasteiger partial charge in [-0.3, -0.25) is 4.79 Å². The summed E-state index contributed by atoms with van der Waals surface area (Å²) in [6.45, 7) is 10.7. The number of rotatable bonds is 6. The smallest absolute Gasteiger partial charge is 0.317 e. The topological polar surface area (TPSA) is 69.6 Å². The Morgan fingerprint density at radius 3 is 2.22 bits per heavy atom. The minimum absolute atomic E-state index is 0.0329. The number of carboxylic acid groups (broad SMARTS) is 1. The van der Waals surface area contributed by atoms with Gasteiger partial charge < -0.3 is 15.3 Å². The Balaban J connectivity index is 4.37. The van der Waals surface area contributed by atoms with Crippen molar-refractivity contribution in [2.24, 2.45) is 5.92 Å². The third kappa shape index (κ3) is 7.14. The molecule has 0 atom stereocenters. The van der Waals surface area contributed by atoms with E-state index in [0.29, 0.717) is 12.5 Å². The van der Waals surface area contributed by atoms with Crippen molar-refractivity contribution < 1.29 is 14.7 Å². The van der Waals surface area contributed by atoms with E-state index in [-0.39, 0.29) is 24.5 Å². The number of amides is 2. The highest BCUT2D eigenvalue weighted by molar-refractivity contribution is 5.76. The van der Waals surface area contributed by atoms with Crippen LogP contribution in [0.1, 0.15) is 47.5 Å². The molecule has 0 unspecified atom stereocenters. The van der Waals surface area contributed by atoms with E-state index in [1.165, 1.54) is 0 Å².